The van der Waals surface area contributed by atoms with Crippen LogP contribution in [0, 0.1) is 18.7 Å². The van der Waals surface area contributed by atoms with Crippen LogP contribution in [0.4, 0.5) is 10.1 Å². The van der Waals surface area contributed by atoms with Gasteiger partial charge in [0.1, 0.15) is 5.82 Å². The van der Waals surface area contributed by atoms with E-state index in [1.165, 1.54) is 28.0 Å². The Balaban J connectivity index is 1.17. The number of carbonyl (C=O) groups excluding carboxylic acids is 2. The van der Waals surface area contributed by atoms with Crippen LogP contribution in [0.5, 0.6) is 0 Å². The van der Waals surface area contributed by atoms with Gasteiger partial charge in [0.25, 0.3) is 0 Å². The molecule has 6 nitrogen and oxygen atoms in total. The molecule has 0 bridgehead atoms. The monoisotopic (exact) mass is 534 g/mol. The molecule has 2 aromatic heterocycles. The fourth-order valence-electron chi connectivity index (χ4n) is 6.86. The topological polar surface area (TPSA) is 72.2 Å². The number of benzene rings is 3. The normalized spacial score (nSPS) is 19.1. The van der Waals surface area contributed by atoms with Crippen LogP contribution in [0.15, 0.2) is 79.1 Å². The summed E-state index contributed by atoms with van der Waals surface area (Å²) in [5, 5.41) is 2.41. The lowest BCUT2D eigenvalue weighted by Gasteiger charge is -2.43. The molecule has 0 saturated carbocycles. The van der Waals surface area contributed by atoms with Crippen molar-refractivity contribution in [1.29, 1.82) is 0 Å². The van der Waals surface area contributed by atoms with E-state index in [-0.39, 0.29) is 36.0 Å². The number of anilines is 1. The predicted molar refractivity (Wildman–Crippen MR) is 155 cm³/mol. The molecular formula is C33H31FN4O2. The first kappa shape index (κ1) is 24.6. The SMILES string of the molecule is Cc1ccc(N2C[C@H](C(=O)N3CCC(c4c[nH]c5ccccc45)(c4c[nH]c5ccccc45)CC3)CC2=O)cc1F. The molecule has 0 unspecified atom stereocenters. The molecule has 3 aromatic carbocycles. The van der Waals surface area contributed by atoms with Crippen molar-refractivity contribution in [1.82, 2.24) is 14.9 Å². The molecule has 0 aliphatic carbocycles. The smallest absolute Gasteiger partial charge is 0.228 e. The van der Waals surface area contributed by atoms with Gasteiger partial charge < -0.3 is 19.8 Å². The number of hydrogen-bond donors (Lipinski definition) is 2. The maximum Gasteiger partial charge on any atom is 0.228 e. The summed E-state index contributed by atoms with van der Waals surface area (Å²) in [5.41, 5.74) is 5.49. The second-order valence-corrected chi connectivity index (χ2v) is 11.2. The van der Waals surface area contributed by atoms with E-state index < -0.39 is 5.92 Å². The highest BCUT2D eigenvalue weighted by Gasteiger charge is 2.44. The van der Waals surface area contributed by atoms with Gasteiger partial charge in [-0.05, 0) is 60.7 Å². The quantitative estimate of drug-likeness (QED) is 0.294. The lowest BCUT2D eigenvalue weighted by molar-refractivity contribution is -0.137. The first-order valence-electron chi connectivity index (χ1n) is 13.9. The second kappa shape index (κ2) is 9.37. The highest BCUT2D eigenvalue weighted by molar-refractivity contribution is 6.00. The Bertz CT molecular complexity index is 1680. The number of H-pyrrole nitrogens is 2. The van der Waals surface area contributed by atoms with Gasteiger partial charge in [-0.25, -0.2) is 4.39 Å². The fraction of sp³-hybridized carbons (Fsp3) is 0.273. The Labute approximate surface area is 231 Å². The van der Waals surface area contributed by atoms with Gasteiger partial charge in [0.05, 0.1) is 5.92 Å². The van der Waals surface area contributed by atoms with Crippen LogP contribution in [-0.2, 0) is 15.0 Å². The maximum absolute atomic E-state index is 14.2. The zero-order chi connectivity index (χ0) is 27.4. The minimum atomic E-state index is -0.425. The van der Waals surface area contributed by atoms with E-state index in [1.807, 2.05) is 17.0 Å². The van der Waals surface area contributed by atoms with Crippen molar-refractivity contribution in [2.24, 2.45) is 5.92 Å². The maximum atomic E-state index is 14.2. The minimum Gasteiger partial charge on any atom is -0.361 e. The molecule has 7 heteroatoms. The van der Waals surface area contributed by atoms with E-state index in [2.05, 4.69) is 58.8 Å². The average Bonchev–Trinajstić information content (AvgIpc) is 3.71. The Morgan fingerprint density at radius 1 is 0.900 bits per heavy atom. The number of fused-ring (bicyclic) bond motifs is 2. The third-order valence-corrected chi connectivity index (χ3v) is 9.08. The van der Waals surface area contributed by atoms with Crippen LogP contribution in [0.2, 0.25) is 0 Å². The van der Waals surface area contributed by atoms with Gasteiger partial charge in [0.15, 0.2) is 0 Å². The predicted octanol–water partition coefficient (Wildman–Crippen LogP) is 6.06. The van der Waals surface area contributed by atoms with Gasteiger partial charge in [-0.15, -0.1) is 0 Å². The number of hydrogen-bond acceptors (Lipinski definition) is 2. The first-order chi connectivity index (χ1) is 19.4. The summed E-state index contributed by atoms with van der Waals surface area (Å²) in [6, 6.07) is 21.6. The number of piperidine rings is 1. The van der Waals surface area contributed by atoms with Crippen LogP contribution in [-0.4, -0.2) is 46.3 Å². The molecule has 2 fully saturated rings. The fourth-order valence-corrected chi connectivity index (χ4v) is 6.86. The molecule has 5 aromatic rings. The summed E-state index contributed by atoms with van der Waals surface area (Å²) in [7, 11) is 0. The molecule has 2 amide bonds. The van der Waals surface area contributed by atoms with Gasteiger partial charge in [0.2, 0.25) is 11.8 Å². The molecule has 2 aliphatic heterocycles. The number of carbonyl (C=O) groups is 2. The summed E-state index contributed by atoms with van der Waals surface area (Å²) >= 11 is 0. The Hall–Kier alpha value is -4.39. The number of para-hydroxylation sites is 2. The third-order valence-electron chi connectivity index (χ3n) is 9.08. The summed E-state index contributed by atoms with van der Waals surface area (Å²) in [6.45, 7) is 3.18. The van der Waals surface area contributed by atoms with Gasteiger partial charge in [-0.3, -0.25) is 9.59 Å². The average molecular weight is 535 g/mol. The van der Waals surface area contributed by atoms with Gasteiger partial charge in [0, 0.05) is 71.4 Å². The molecule has 0 spiro atoms. The number of nitrogens with zero attached hydrogens (tertiary/aromatic N) is 2. The lowest BCUT2D eigenvalue weighted by atomic mass is 9.67. The first-order valence-corrected chi connectivity index (χ1v) is 13.9. The largest absolute Gasteiger partial charge is 0.361 e. The van der Waals surface area contributed by atoms with Gasteiger partial charge >= 0.3 is 0 Å². The third kappa shape index (κ3) is 3.83. The van der Waals surface area contributed by atoms with Crippen molar-refractivity contribution in [2.75, 3.05) is 24.5 Å². The van der Waals surface area contributed by atoms with Gasteiger partial charge in [-0.2, -0.15) is 0 Å². The zero-order valence-electron chi connectivity index (χ0n) is 22.4. The van der Waals surface area contributed by atoms with Crippen molar-refractivity contribution >= 4 is 39.3 Å². The number of nitrogens with one attached hydrogen (secondary N) is 2. The minimum absolute atomic E-state index is 0.00915. The number of amides is 2. The van der Waals surface area contributed by atoms with E-state index in [1.54, 1.807) is 24.0 Å². The number of aromatic amines is 2. The van der Waals surface area contributed by atoms with Gasteiger partial charge in [-0.1, -0.05) is 42.5 Å². The molecule has 2 saturated heterocycles. The summed E-state index contributed by atoms with van der Waals surface area (Å²) < 4.78 is 14.2. The molecular weight excluding hydrogens is 503 g/mol. The molecule has 1 atom stereocenters. The molecule has 2 aliphatic rings. The van der Waals surface area contributed by atoms with Crippen LogP contribution < -0.4 is 4.90 Å². The number of rotatable bonds is 4. The second-order valence-electron chi connectivity index (χ2n) is 11.2. The molecule has 0 radical (unpaired) electrons. The number of halogens is 1. The summed E-state index contributed by atoms with van der Waals surface area (Å²) in [6.07, 6.45) is 5.98. The van der Waals surface area contributed by atoms with E-state index in [4.69, 9.17) is 0 Å². The number of likely N-dealkylation sites (tertiary alicyclic amines) is 1. The van der Waals surface area contributed by atoms with Crippen molar-refractivity contribution in [3.8, 4) is 0 Å². The van der Waals surface area contributed by atoms with Crippen LogP contribution in [0.1, 0.15) is 36.0 Å². The zero-order valence-corrected chi connectivity index (χ0v) is 22.4. The Kier molecular flexibility index (Phi) is 5.77. The van der Waals surface area contributed by atoms with Crippen molar-refractivity contribution < 1.29 is 14.0 Å². The Morgan fingerprint density at radius 2 is 1.50 bits per heavy atom. The molecule has 40 heavy (non-hydrogen) atoms. The van der Waals surface area contributed by atoms with E-state index in [0.717, 1.165) is 23.9 Å². The van der Waals surface area contributed by atoms with Crippen LogP contribution in [0.3, 0.4) is 0 Å². The van der Waals surface area contributed by atoms with E-state index in [0.29, 0.717) is 24.3 Å². The van der Waals surface area contributed by atoms with Crippen molar-refractivity contribution in [3.05, 3.63) is 102 Å². The van der Waals surface area contributed by atoms with Crippen LogP contribution >= 0.6 is 0 Å². The lowest BCUT2D eigenvalue weighted by Crippen LogP contribution is -2.47. The number of aromatic nitrogens is 2. The van der Waals surface area contributed by atoms with Crippen molar-refractivity contribution in [2.45, 2.75) is 31.6 Å². The Morgan fingerprint density at radius 3 is 2.10 bits per heavy atom. The van der Waals surface area contributed by atoms with Crippen molar-refractivity contribution in [3.63, 3.8) is 0 Å². The number of aryl methyl sites for hydroxylation is 1. The van der Waals surface area contributed by atoms with Crippen LogP contribution in [0.25, 0.3) is 21.8 Å². The molecule has 4 heterocycles. The standard InChI is InChI=1S/C33H31FN4O2/c1-21-10-11-23(17-28(21)34)38-20-22(16-31(38)39)32(40)37-14-12-33(13-15-37,26-18-35-29-8-4-2-6-24(26)29)27-19-36-30-9-5-3-7-25(27)30/h2-11,17-19,22,35-36H,12-16,20H2,1H3/t22-/m1/s1. The molecule has 7 rings (SSSR count). The molecule has 202 valence electrons. The summed E-state index contributed by atoms with van der Waals surface area (Å²) in [4.78, 5) is 37.0. The highest BCUT2D eigenvalue weighted by Crippen LogP contribution is 2.47. The summed E-state index contributed by atoms with van der Waals surface area (Å²) in [5.74, 6) is -0.895. The molecule has 2 N–H and O–H groups in total. The highest BCUT2D eigenvalue weighted by atomic mass is 19.1. The van der Waals surface area contributed by atoms with E-state index in [9.17, 15) is 14.0 Å². The van der Waals surface area contributed by atoms with E-state index >= 15 is 0 Å².